The number of rotatable bonds is 5. The number of anilines is 1. The Labute approximate surface area is 165 Å². The van der Waals surface area contributed by atoms with Gasteiger partial charge in [-0.2, -0.15) is 4.37 Å². The fourth-order valence-corrected chi connectivity index (χ4v) is 5.33. The summed E-state index contributed by atoms with van der Waals surface area (Å²) in [6.45, 7) is 7.24. The number of nitrogens with zero attached hydrogens (tertiary/aromatic N) is 3. The van der Waals surface area contributed by atoms with Gasteiger partial charge in [0.15, 0.2) is 0 Å². The minimum atomic E-state index is 0.115. The van der Waals surface area contributed by atoms with Gasteiger partial charge in [-0.15, -0.1) is 0 Å². The third-order valence-electron chi connectivity index (χ3n) is 6.14. The Morgan fingerprint density at radius 1 is 1.15 bits per heavy atom. The summed E-state index contributed by atoms with van der Waals surface area (Å²) in [7, 11) is 0. The minimum absolute atomic E-state index is 0.115. The highest BCUT2D eigenvalue weighted by Crippen LogP contribution is 2.30. The zero-order valence-corrected chi connectivity index (χ0v) is 17.0. The molecule has 4 rings (SSSR count). The SMILES string of the molecule is CC(=O)N[C@H]1CC[C@@H](CCN2CCN(c3nsc4ccccc34)CC2)CC1. The number of carbonyl (C=O) groups is 1. The van der Waals surface area contributed by atoms with Crippen LogP contribution in [-0.4, -0.2) is 53.9 Å². The lowest BCUT2D eigenvalue weighted by molar-refractivity contribution is -0.119. The van der Waals surface area contributed by atoms with Crippen molar-refractivity contribution < 1.29 is 4.79 Å². The van der Waals surface area contributed by atoms with Crippen LogP contribution in [0.15, 0.2) is 24.3 Å². The molecule has 1 aromatic heterocycles. The first-order valence-electron chi connectivity index (χ1n) is 10.3. The van der Waals surface area contributed by atoms with Gasteiger partial charge in [0.05, 0.1) is 4.70 Å². The number of benzene rings is 1. The van der Waals surface area contributed by atoms with Crippen LogP contribution in [0.3, 0.4) is 0 Å². The van der Waals surface area contributed by atoms with E-state index in [0.717, 1.165) is 44.9 Å². The molecule has 0 unspecified atom stereocenters. The fraction of sp³-hybridized carbons (Fsp3) is 0.619. The summed E-state index contributed by atoms with van der Waals surface area (Å²) >= 11 is 1.61. The maximum Gasteiger partial charge on any atom is 0.217 e. The van der Waals surface area contributed by atoms with Gasteiger partial charge >= 0.3 is 0 Å². The van der Waals surface area contributed by atoms with E-state index in [-0.39, 0.29) is 5.91 Å². The van der Waals surface area contributed by atoms with Crippen molar-refractivity contribution in [3.8, 4) is 0 Å². The third kappa shape index (κ3) is 4.61. The van der Waals surface area contributed by atoms with Gasteiger partial charge in [-0.1, -0.05) is 12.1 Å². The predicted octanol–water partition coefficient (Wildman–Crippen LogP) is 3.50. The van der Waals surface area contributed by atoms with E-state index in [1.165, 1.54) is 41.7 Å². The van der Waals surface area contributed by atoms with Crippen LogP contribution in [0, 0.1) is 5.92 Å². The average Bonchev–Trinajstić information content (AvgIpc) is 3.12. The molecule has 0 atom stereocenters. The van der Waals surface area contributed by atoms with Crippen LogP contribution >= 0.6 is 11.5 Å². The first-order valence-corrected chi connectivity index (χ1v) is 11.0. The molecular weight excluding hydrogens is 356 g/mol. The van der Waals surface area contributed by atoms with Gasteiger partial charge in [-0.05, 0) is 68.2 Å². The van der Waals surface area contributed by atoms with E-state index >= 15 is 0 Å². The van der Waals surface area contributed by atoms with Gasteiger partial charge in [0, 0.05) is 44.5 Å². The maximum atomic E-state index is 11.2. The molecule has 0 bridgehead atoms. The largest absolute Gasteiger partial charge is 0.354 e. The maximum absolute atomic E-state index is 11.2. The van der Waals surface area contributed by atoms with E-state index in [2.05, 4.69) is 39.4 Å². The molecule has 0 spiro atoms. The van der Waals surface area contributed by atoms with Crippen LogP contribution in [0.4, 0.5) is 5.82 Å². The highest BCUT2D eigenvalue weighted by atomic mass is 32.1. The number of aromatic nitrogens is 1. The highest BCUT2D eigenvalue weighted by Gasteiger charge is 2.24. The molecule has 1 N–H and O–H groups in total. The number of nitrogens with one attached hydrogen (secondary N) is 1. The molecule has 1 aliphatic carbocycles. The summed E-state index contributed by atoms with van der Waals surface area (Å²) in [6, 6.07) is 8.96. The molecule has 146 valence electrons. The van der Waals surface area contributed by atoms with Gasteiger partial charge in [0.1, 0.15) is 5.82 Å². The minimum Gasteiger partial charge on any atom is -0.354 e. The number of fused-ring (bicyclic) bond motifs is 1. The molecule has 6 heteroatoms. The number of hydrogen-bond acceptors (Lipinski definition) is 5. The van der Waals surface area contributed by atoms with E-state index in [9.17, 15) is 4.79 Å². The first kappa shape index (κ1) is 18.7. The Kier molecular flexibility index (Phi) is 5.93. The third-order valence-corrected chi connectivity index (χ3v) is 6.95. The van der Waals surface area contributed by atoms with Crippen LogP contribution in [-0.2, 0) is 4.79 Å². The van der Waals surface area contributed by atoms with Crippen molar-refractivity contribution in [2.24, 2.45) is 5.92 Å². The second kappa shape index (κ2) is 8.57. The van der Waals surface area contributed by atoms with Crippen LogP contribution in [0.25, 0.3) is 10.1 Å². The molecule has 2 heterocycles. The highest BCUT2D eigenvalue weighted by molar-refractivity contribution is 7.13. The normalized spacial score (nSPS) is 24.3. The van der Waals surface area contributed by atoms with E-state index in [0.29, 0.717) is 6.04 Å². The van der Waals surface area contributed by atoms with Crippen molar-refractivity contribution in [3.05, 3.63) is 24.3 Å². The topological polar surface area (TPSA) is 48.5 Å². The van der Waals surface area contributed by atoms with Crippen LogP contribution < -0.4 is 10.2 Å². The lowest BCUT2D eigenvalue weighted by Gasteiger charge is -2.36. The first-order chi connectivity index (χ1) is 13.2. The number of amides is 1. The summed E-state index contributed by atoms with van der Waals surface area (Å²) in [5.74, 6) is 2.12. The van der Waals surface area contributed by atoms with Crippen LogP contribution in [0.2, 0.25) is 0 Å². The Bertz CT molecular complexity index is 760. The standard InChI is InChI=1S/C21H30N4OS/c1-16(26)22-18-8-6-17(7-9-18)10-11-24-12-14-25(15-13-24)21-19-4-2-3-5-20(19)27-23-21/h2-5,17-18H,6-15H2,1H3,(H,22,26)/t17-,18+. The summed E-state index contributed by atoms with van der Waals surface area (Å²) in [5.41, 5.74) is 0. The van der Waals surface area contributed by atoms with Crippen LogP contribution in [0.5, 0.6) is 0 Å². The zero-order valence-electron chi connectivity index (χ0n) is 16.2. The van der Waals surface area contributed by atoms with Gasteiger partial charge in [0.2, 0.25) is 5.91 Å². The summed E-state index contributed by atoms with van der Waals surface area (Å²) in [4.78, 5) is 16.3. The molecular formula is C21H30N4OS. The molecule has 2 fully saturated rings. The number of carbonyl (C=O) groups excluding carboxylic acids is 1. The fourth-order valence-electron chi connectivity index (χ4n) is 4.53. The summed E-state index contributed by atoms with van der Waals surface area (Å²) < 4.78 is 5.99. The second-order valence-electron chi connectivity index (χ2n) is 8.04. The summed E-state index contributed by atoms with van der Waals surface area (Å²) in [5, 5.41) is 4.38. The van der Waals surface area contributed by atoms with Gasteiger partial charge in [0.25, 0.3) is 0 Å². The Balaban J connectivity index is 1.21. The molecule has 1 aliphatic heterocycles. The zero-order chi connectivity index (χ0) is 18.6. The predicted molar refractivity (Wildman–Crippen MR) is 112 cm³/mol. The van der Waals surface area contributed by atoms with Crippen LogP contribution in [0.1, 0.15) is 39.0 Å². The molecule has 2 aliphatic rings. The lowest BCUT2D eigenvalue weighted by atomic mass is 9.84. The van der Waals surface area contributed by atoms with E-state index < -0.39 is 0 Å². The molecule has 2 aromatic rings. The van der Waals surface area contributed by atoms with Gasteiger partial charge < -0.3 is 10.2 Å². The van der Waals surface area contributed by atoms with Crippen molar-refractivity contribution in [1.29, 1.82) is 0 Å². The lowest BCUT2D eigenvalue weighted by Crippen LogP contribution is -2.47. The molecule has 1 saturated carbocycles. The van der Waals surface area contributed by atoms with Gasteiger partial charge in [-0.25, -0.2) is 0 Å². The van der Waals surface area contributed by atoms with E-state index in [1.807, 2.05) is 0 Å². The smallest absolute Gasteiger partial charge is 0.217 e. The molecule has 1 aromatic carbocycles. The number of hydrogen-bond donors (Lipinski definition) is 1. The Hall–Kier alpha value is -1.66. The molecule has 1 saturated heterocycles. The van der Waals surface area contributed by atoms with Crippen molar-refractivity contribution >= 4 is 33.3 Å². The van der Waals surface area contributed by atoms with Crippen molar-refractivity contribution in [3.63, 3.8) is 0 Å². The van der Waals surface area contributed by atoms with Gasteiger partial charge in [-0.3, -0.25) is 9.69 Å². The van der Waals surface area contributed by atoms with E-state index in [4.69, 9.17) is 4.37 Å². The average molecular weight is 387 g/mol. The van der Waals surface area contributed by atoms with Crippen molar-refractivity contribution in [2.45, 2.75) is 45.1 Å². The van der Waals surface area contributed by atoms with E-state index in [1.54, 1.807) is 18.5 Å². The molecule has 1 amide bonds. The molecule has 27 heavy (non-hydrogen) atoms. The number of piperazine rings is 1. The Morgan fingerprint density at radius 2 is 1.89 bits per heavy atom. The van der Waals surface area contributed by atoms with Crippen molar-refractivity contribution in [2.75, 3.05) is 37.6 Å². The second-order valence-corrected chi connectivity index (χ2v) is 8.84. The summed E-state index contributed by atoms with van der Waals surface area (Å²) in [6.07, 6.45) is 6.11. The Morgan fingerprint density at radius 3 is 2.63 bits per heavy atom. The quantitative estimate of drug-likeness (QED) is 0.854. The molecule has 5 nitrogen and oxygen atoms in total. The van der Waals surface area contributed by atoms with Crippen molar-refractivity contribution in [1.82, 2.24) is 14.6 Å². The molecule has 0 radical (unpaired) electrons. The monoisotopic (exact) mass is 386 g/mol.